The van der Waals surface area contributed by atoms with Crippen molar-refractivity contribution in [3.63, 3.8) is 0 Å². The molecule has 0 spiro atoms. The van der Waals surface area contributed by atoms with E-state index >= 15 is 0 Å². The van der Waals surface area contributed by atoms with Crippen molar-refractivity contribution in [2.45, 2.75) is 0 Å². The lowest BCUT2D eigenvalue weighted by atomic mass is 10.3. The third-order valence-corrected chi connectivity index (χ3v) is 4.54. The maximum Gasteiger partial charge on any atom is 0.245 e. The van der Waals surface area contributed by atoms with Crippen LogP contribution in [0.4, 0.5) is 11.4 Å². The number of hydrogen-bond donors (Lipinski definition) is 1. The maximum absolute atomic E-state index is 12.3. The van der Waals surface area contributed by atoms with Gasteiger partial charge in [-0.15, -0.1) is 0 Å². The fraction of sp³-hybridized carbons (Fsp3) is 0.235. The molecule has 7 nitrogen and oxygen atoms in total. The van der Waals surface area contributed by atoms with Crippen molar-refractivity contribution in [3.8, 4) is 11.5 Å². The molecule has 0 fully saturated rings. The summed E-state index contributed by atoms with van der Waals surface area (Å²) in [6, 6.07) is 13.2. The van der Waals surface area contributed by atoms with Crippen LogP contribution in [0.5, 0.6) is 11.5 Å². The molecule has 0 radical (unpaired) electrons. The van der Waals surface area contributed by atoms with Gasteiger partial charge in [-0.2, -0.15) is 0 Å². The standard InChI is InChI=1S/C17H20N2O5S/c1-23-15-9-7-14(8-10-15)19(25(3,21)22)12-17(20)18-13-5-4-6-16(11-13)24-2/h4-11H,12H2,1-3H3,(H,18,20). The number of amides is 1. The van der Waals surface area contributed by atoms with Crippen LogP contribution in [0.15, 0.2) is 48.5 Å². The first-order chi connectivity index (χ1) is 11.8. The highest BCUT2D eigenvalue weighted by molar-refractivity contribution is 7.92. The molecule has 2 aromatic rings. The van der Waals surface area contributed by atoms with Gasteiger partial charge in [-0.3, -0.25) is 9.10 Å². The molecule has 0 aliphatic heterocycles. The molecule has 1 amide bonds. The second-order valence-corrected chi connectivity index (χ2v) is 7.15. The molecule has 0 heterocycles. The first kappa shape index (κ1) is 18.6. The molecule has 1 N–H and O–H groups in total. The van der Waals surface area contributed by atoms with Crippen LogP contribution in [0.2, 0.25) is 0 Å². The molecule has 25 heavy (non-hydrogen) atoms. The minimum absolute atomic E-state index is 0.345. The Balaban J connectivity index is 2.17. The van der Waals surface area contributed by atoms with Crippen molar-refractivity contribution in [3.05, 3.63) is 48.5 Å². The SMILES string of the molecule is COc1ccc(N(CC(=O)Nc2cccc(OC)c2)S(C)(=O)=O)cc1. The second kappa shape index (κ2) is 7.89. The van der Waals surface area contributed by atoms with Gasteiger partial charge in [-0.25, -0.2) is 8.42 Å². The van der Waals surface area contributed by atoms with Crippen LogP contribution >= 0.6 is 0 Å². The molecule has 0 atom stereocenters. The Hall–Kier alpha value is -2.74. The quantitative estimate of drug-likeness (QED) is 0.813. The number of benzene rings is 2. The summed E-state index contributed by atoms with van der Waals surface area (Å²) in [6.45, 7) is -0.345. The van der Waals surface area contributed by atoms with Crippen molar-refractivity contribution < 1.29 is 22.7 Å². The Bertz CT molecular complexity index is 834. The smallest absolute Gasteiger partial charge is 0.245 e. The molecule has 2 aromatic carbocycles. The van der Waals surface area contributed by atoms with Crippen molar-refractivity contribution in [2.24, 2.45) is 0 Å². The lowest BCUT2D eigenvalue weighted by Gasteiger charge is -2.22. The van der Waals surface area contributed by atoms with Gasteiger partial charge < -0.3 is 14.8 Å². The van der Waals surface area contributed by atoms with E-state index in [1.54, 1.807) is 48.5 Å². The van der Waals surface area contributed by atoms with E-state index in [-0.39, 0.29) is 6.54 Å². The van der Waals surface area contributed by atoms with E-state index in [2.05, 4.69) is 5.32 Å². The van der Waals surface area contributed by atoms with Crippen LogP contribution in [0.3, 0.4) is 0 Å². The molecular formula is C17H20N2O5S. The van der Waals surface area contributed by atoms with Gasteiger partial charge in [0.1, 0.15) is 18.0 Å². The van der Waals surface area contributed by atoms with Gasteiger partial charge in [-0.1, -0.05) is 6.07 Å². The molecule has 0 unspecified atom stereocenters. The van der Waals surface area contributed by atoms with E-state index in [0.29, 0.717) is 22.9 Å². The number of methoxy groups -OCH3 is 2. The number of carbonyl (C=O) groups is 1. The molecular weight excluding hydrogens is 344 g/mol. The largest absolute Gasteiger partial charge is 0.497 e. The summed E-state index contributed by atoms with van der Waals surface area (Å²) in [7, 11) is -0.588. The third kappa shape index (κ3) is 5.12. The number of carbonyl (C=O) groups excluding carboxylic acids is 1. The molecule has 134 valence electrons. The molecule has 0 aromatic heterocycles. The Morgan fingerprint density at radius 1 is 1.04 bits per heavy atom. The summed E-state index contributed by atoms with van der Waals surface area (Å²) in [5.41, 5.74) is 0.900. The zero-order chi connectivity index (χ0) is 18.4. The number of hydrogen-bond acceptors (Lipinski definition) is 5. The monoisotopic (exact) mass is 364 g/mol. The number of ether oxygens (including phenoxy) is 2. The fourth-order valence-corrected chi connectivity index (χ4v) is 3.04. The van der Waals surface area contributed by atoms with Gasteiger partial charge >= 0.3 is 0 Å². The number of nitrogens with zero attached hydrogens (tertiary/aromatic N) is 1. The predicted octanol–water partition coefficient (Wildman–Crippen LogP) is 2.11. The van der Waals surface area contributed by atoms with Gasteiger partial charge in [0.05, 0.1) is 26.2 Å². The summed E-state index contributed by atoms with van der Waals surface area (Å²) in [5, 5.41) is 2.66. The molecule has 0 bridgehead atoms. The van der Waals surface area contributed by atoms with Gasteiger partial charge in [0.15, 0.2) is 0 Å². The summed E-state index contributed by atoms with van der Waals surface area (Å²) in [5.74, 6) is 0.723. The molecule has 8 heteroatoms. The van der Waals surface area contributed by atoms with Gasteiger partial charge in [-0.05, 0) is 36.4 Å². The highest BCUT2D eigenvalue weighted by atomic mass is 32.2. The van der Waals surface area contributed by atoms with Crippen LogP contribution in [0.25, 0.3) is 0 Å². The number of anilines is 2. The Labute approximate surface area is 147 Å². The van der Waals surface area contributed by atoms with Crippen LogP contribution in [-0.4, -0.2) is 41.3 Å². The summed E-state index contributed by atoms with van der Waals surface area (Å²) < 4.78 is 35.3. The van der Waals surface area contributed by atoms with E-state index in [1.165, 1.54) is 14.2 Å². The minimum atomic E-state index is -3.63. The number of sulfonamides is 1. The lowest BCUT2D eigenvalue weighted by Crippen LogP contribution is -2.37. The molecule has 0 saturated heterocycles. The van der Waals surface area contributed by atoms with Crippen molar-refractivity contribution in [2.75, 3.05) is 36.6 Å². The van der Waals surface area contributed by atoms with E-state index in [1.807, 2.05) is 0 Å². The Morgan fingerprint density at radius 3 is 2.24 bits per heavy atom. The number of rotatable bonds is 7. The van der Waals surface area contributed by atoms with Crippen molar-refractivity contribution in [1.29, 1.82) is 0 Å². The van der Waals surface area contributed by atoms with E-state index in [4.69, 9.17) is 9.47 Å². The fourth-order valence-electron chi connectivity index (χ4n) is 2.18. The molecule has 2 rings (SSSR count). The van der Waals surface area contributed by atoms with Crippen molar-refractivity contribution in [1.82, 2.24) is 0 Å². The van der Waals surface area contributed by atoms with Crippen molar-refractivity contribution >= 4 is 27.3 Å². The molecule has 0 aliphatic carbocycles. The van der Waals surface area contributed by atoms with E-state index in [0.717, 1.165) is 10.6 Å². The van der Waals surface area contributed by atoms with Gasteiger partial charge in [0.25, 0.3) is 0 Å². The topological polar surface area (TPSA) is 84.9 Å². The lowest BCUT2D eigenvalue weighted by molar-refractivity contribution is -0.114. The molecule has 0 saturated carbocycles. The van der Waals surface area contributed by atoms with Gasteiger partial charge in [0.2, 0.25) is 15.9 Å². The maximum atomic E-state index is 12.3. The normalized spacial score (nSPS) is 10.8. The highest BCUT2D eigenvalue weighted by Crippen LogP contribution is 2.22. The van der Waals surface area contributed by atoms with Crippen LogP contribution in [0.1, 0.15) is 0 Å². The summed E-state index contributed by atoms with van der Waals surface area (Å²) in [4.78, 5) is 12.3. The van der Waals surface area contributed by atoms with Crippen LogP contribution in [-0.2, 0) is 14.8 Å². The summed E-state index contributed by atoms with van der Waals surface area (Å²) >= 11 is 0. The van der Waals surface area contributed by atoms with Crippen LogP contribution < -0.4 is 19.1 Å². The zero-order valence-electron chi connectivity index (χ0n) is 14.2. The third-order valence-electron chi connectivity index (χ3n) is 3.40. The predicted molar refractivity (Wildman–Crippen MR) is 96.8 cm³/mol. The van der Waals surface area contributed by atoms with E-state index < -0.39 is 15.9 Å². The first-order valence-corrected chi connectivity index (χ1v) is 9.24. The molecule has 0 aliphatic rings. The number of nitrogens with one attached hydrogen (secondary N) is 1. The average Bonchev–Trinajstić information content (AvgIpc) is 2.59. The Morgan fingerprint density at radius 2 is 1.68 bits per heavy atom. The first-order valence-electron chi connectivity index (χ1n) is 7.39. The minimum Gasteiger partial charge on any atom is -0.497 e. The van der Waals surface area contributed by atoms with Gasteiger partial charge in [0, 0.05) is 11.8 Å². The average molecular weight is 364 g/mol. The second-order valence-electron chi connectivity index (χ2n) is 5.25. The van der Waals surface area contributed by atoms with E-state index in [9.17, 15) is 13.2 Å². The summed E-state index contributed by atoms with van der Waals surface area (Å²) in [6.07, 6.45) is 1.05. The zero-order valence-corrected chi connectivity index (χ0v) is 15.0. The van der Waals surface area contributed by atoms with Crippen LogP contribution in [0, 0.1) is 0 Å². The highest BCUT2D eigenvalue weighted by Gasteiger charge is 2.21. The Kier molecular flexibility index (Phi) is 5.87.